The van der Waals surface area contributed by atoms with Crippen molar-refractivity contribution in [2.45, 2.75) is 13.1 Å². The maximum atomic E-state index is 12.7. The average Bonchev–Trinajstić information content (AvgIpc) is 3.20. The van der Waals surface area contributed by atoms with Gasteiger partial charge in [0.2, 0.25) is 0 Å². The Bertz CT molecular complexity index is 639. The summed E-state index contributed by atoms with van der Waals surface area (Å²) in [6.45, 7) is 1.15. The topological polar surface area (TPSA) is 33.5 Å². The molecule has 3 rings (SSSR count). The second kappa shape index (κ2) is 6.41. The number of benzene rings is 1. The van der Waals surface area contributed by atoms with Gasteiger partial charge in [-0.15, -0.1) is 11.3 Å². The van der Waals surface area contributed by atoms with E-state index in [1.54, 1.807) is 23.9 Å². The van der Waals surface area contributed by atoms with E-state index in [1.165, 1.54) is 4.88 Å². The van der Waals surface area contributed by atoms with Gasteiger partial charge in [0.25, 0.3) is 5.91 Å². The molecule has 0 aliphatic heterocycles. The molecular weight excluding hydrogens is 282 g/mol. The summed E-state index contributed by atoms with van der Waals surface area (Å²) >= 11 is 1.66. The van der Waals surface area contributed by atoms with Gasteiger partial charge in [-0.25, -0.2) is 0 Å². The molecular formula is C17H15NO2S. The summed E-state index contributed by atoms with van der Waals surface area (Å²) in [5, 5.41) is 2.03. The normalized spacial score (nSPS) is 10.5. The van der Waals surface area contributed by atoms with Crippen molar-refractivity contribution in [3.8, 4) is 0 Å². The van der Waals surface area contributed by atoms with Crippen LogP contribution in [0.1, 0.15) is 20.8 Å². The Morgan fingerprint density at radius 3 is 2.57 bits per heavy atom. The second-order valence-corrected chi connectivity index (χ2v) is 5.77. The molecule has 0 aliphatic rings. The molecule has 2 heterocycles. The van der Waals surface area contributed by atoms with Crippen LogP contribution in [0, 0.1) is 0 Å². The van der Waals surface area contributed by atoms with Crippen LogP contribution in [-0.2, 0) is 13.1 Å². The van der Waals surface area contributed by atoms with Crippen molar-refractivity contribution in [2.75, 3.05) is 0 Å². The van der Waals surface area contributed by atoms with Crippen LogP contribution in [0.25, 0.3) is 0 Å². The van der Waals surface area contributed by atoms with E-state index in [-0.39, 0.29) is 5.91 Å². The van der Waals surface area contributed by atoms with E-state index in [4.69, 9.17) is 4.42 Å². The molecule has 0 aliphatic carbocycles. The lowest BCUT2D eigenvalue weighted by atomic mass is 10.2. The molecule has 21 heavy (non-hydrogen) atoms. The SMILES string of the molecule is O=C(c1ccccc1)N(Cc1ccoc1)Cc1cccs1. The Hall–Kier alpha value is -2.33. The number of carbonyl (C=O) groups excluding carboxylic acids is 1. The predicted octanol–water partition coefficient (Wildman–Crippen LogP) is 4.18. The molecule has 0 fully saturated rings. The third-order valence-electron chi connectivity index (χ3n) is 3.19. The summed E-state index contributed by atoms with van der Waals surface area (Å²) in [6, 6.07) is 15.3. The number of hydrogen-bond donors (Lipinski definition) is 0. The highest BCUT2D eigenvalue weighted by Gasteiger charge is 2.17. The van der Waals surface area contributed by atoms with Gasteiger partial charge in [-0.2, -0.15) is 0 Å². The summed E-state index contributed by atoms with van der Waals surface area (Å²) in [6.07, 6.45) is 3.31. The van der Waals surface area contributed by atoms with Crippen LogP contribution in [0.3, 0.4) is 0 Å². The van der Waals surface area contributed by atoms with Crippen LogP contribution in [0.15, 0.2) is 70.9 Å². The average molecular weight is 297 g/mol. The van der Waals surface area contributed by atoms with E-state index in [0.29, 0.717) is 18.7 Å². The van der Waals surface area contributed by atoms with Crippen molar-refractivity contribution >= 4 is 17.2 Å². The first-order valence-corrected chi connectivity index (χ1v) is 7.58. The zero-order valence-electron chi connectivity index (χ0n) is 11.4. The summed E-state index contributed by atoms with van der Waals surface area (Å²) in [4.78, 5) is 15.7. The first-order chi connectivity index (χ1) is 10.3. The zero-order chi connectivity index (χ0) is 14.5. The molecule has 0 unspecified atom stereocenters. The minimum atomic E-state index is 0.0326. The molecule has 0 radical (unpaired) electrons. The summed E-state index contributed by atoms with van der Waals surface area (Å²) < 4.78 is 5.10. The predicted molar refractivity (Wildman–Crippen MR) is 83.0 cm³/mol. The Balaban J connectivity index is 1.82. The van der Waals surface area contributed by atoms with Gasteiger partial charge in [0.05, 0.1) is 19.1 Å². The molecule has 4 heteroatoms. The molecule has 2 aromatic heterocycles. The van der Waals surface area contributed by atoms with Crippen molar-refractivity contribution in [1.29, 1.82) is 0 Å². The van der Waals surface area contributed by atoms with Gasteiger partial charge < -0.3 is 9.32 Å². The number of nitrogens with zero attached hydrogens (tertiary/aromatic N) is 1. The number of hydrogen-bond acceptors (Lipinski definition) is 3. The van der Waals surface area contributed by atoms with Crippen LogP contribution in [-0.4, -0.2) is 10.8 Å². The maximum absolute atomic E-state index is 12.7. The van der Waals surface area contributed by atoms with Crippen molar-refractivity contribution in [1.82, 2.24) is 4.90 Å². The minimum Gasteiger partial charge on any atom is -0.472 e. The third-order valence-corrected chi connectivity index (χ3v) is 4.05. The van der Waals surface area contributed by atoms with E-state index in [1.807, 2.05) is 58.8 Å². The summed E-state index contributed by atoms with van der Waals surface area (Å²) in [7, 11) is 0. The van der Waals surface area contributed by atoms with Gasteiger partial charge in [0.15, 0.2) is 0 Å². The first kappa shape index (κ1) is 13.6. The summed E-state index contributed by atoms with van der Waals surface area (Å²) in [5.74, 6) is 0.0326. The highest BCUT2D eigenvalue weighted by atomic mass is 32.1. The third kappa shape index (κ3) is 3.41. The van der Waals surface area contributed by atoms with Crippen molar-refractivity contribution in [3.05, 3.63) is 82.4 Å². The van der Waals surface area contributed by atoms with E-state index in [0.717, 1.165) is 5.56 Å². The quantitative estimate of drug-likeness (QED) is 0.707. The molecule has 106 valence electrons. The van der Waals surface area contributed by atoms with Crippen LogP contribution in [0.5, 0.6) is 0 Å². The number of furan rings is 1. The Kier molecular flexibility index (Phi) is 4.17. The van der Waals surface area contributed by atoms with Gasteiger partial charge in [0.1, 0.15) is 0 Å². The Labute approximate surface area is 127 Å². The lowest BCUT2D eigenvalue weighted by Crippen LogP contribution is -2.29. The molecule has 1 aromatic carbocycles. The summed E-state index contributed by atoms with van der Waals surface area (Å²) in [5.41, 5.74) is 1.70. The highest BCUT2D eigenvalue weighted by molar-refractivity contribution is 7.09. The molecule has 0 spiro atoms. The van der Waals surface area contributed by atoms with Crippen molar-refractivity contribution in [2.24, 2.45) is 0 Å². The largest absolute Gasteiger partial charge is 0.472 e. The number of thiophene rings is 1. The Morgan fingerprint density at radius 2 is 1.90 bits per heavy atom. The molecule has 3 aromatic rings. The van der Waals surface area contributed by atoms with Gasteiger partial charge in [-0.3, -0.25) is 4.79 Å². The van der Waals surface area contributed by atoms with Gasteiger partial charge in [0, 0.05) is 22.5 Å². The van der Waals surface area contributed by atoms with Gasteiger partial charge in [-0.05, 0) is 29.6 Å². The smallest absolute Gasteiger partial charge is 0.254 e. The van der Waals surface area contributed by atoms with E-state index >= 15 is 0 Å². The van der Waals surface area contributed by atoms with Crippen LogP contribution < -0.4 is 0 Å². The lowest BCUT2D eigenvalue weighted by molar-refractivity contribution is 0.0731. The standard InChI is InChI=1S/C17H15NO2S/c19-17(15-5-2-1-3-6-15)18(11-14-8-9-20-13-14)12-16-7-4-10-21-16/h1-10,13H,11-12H2. The molecule has 1 amide bonds. The van der Waals surface area contributed by atoms with Gasteiger partial charge in [-0.1, -0.05) is 24.3 Å². The molecule has 0 saturated heterocycles. The van der Waals surface area contributed by atoms with Gasteiger partial charge >= 0.3 is 0 Å². The maximum Gasteiger partial charge on any atom is 0.254 e. The lowest BCUT2D eigenvalue weighted by Gasteiger charge is -2.21. The molecule has 3 nitrogen and oxygen atoms in total. The molecule has 0 atom stereocenters. The molecule has 0 N–H and O–H groups in total. The zero-order valence-corrected chi connectivity index (χ0v) is 12.3. The Morgan fingerprint density at radius 1 is 1.05 bits per heavy atom. The number of carbonyl (C=O) groups is 1. The van der Waals surface area contributed by atoms with E-state index in [9.17, 15) is 4.79 Å². The van der Waals surface area contributed by atoms with Crippen LogP contribution >= 0.6 is 11.3 Å². The minimum absolute atomic E-state index is 0.0326. The van der Waals surface area contributed by atoms with Crippen molar-refractivity contribution in [3.63, 3.8) is 0 Å². The second-order valence-electron chi connectivity index (χ2n) is 4.74. The van der Waals surface area contributed by atoms with Crippen LogP contribution in [0.2, 0.25) is 0 Å². The monoisotopic (exact) mass is 297 g/mol. The first-order valence-electron chi connectivity index (χ1n) is 6.71. The fraction of sp³-hybridized carbons (Fsp3) is 0.118. The van der Waals surface area contributed by atoms with Crippen molar-refractivity contribution < 1.29 is 9.21 Å². The van der Waals surface area contributed by atoms with E-state index in [2.05, 4.69) is 0 Å². The number of amides is 1. The molecule has 0 saturated carbocycles. The molecule has 0 bridgehead atoms. The fourth-order valence-corrected chi connectivity index (χ4v) is 2.88. The fourth-order valence-electron chi connectivity index (χ4n) is 2.16. The van der Waals surface area contributed by atoms with E-state index < -0.39 is 0 Å². The number of rotatable bonds is 5. The highest BCUT2D eigenvalue weighted by Crippen LogP contribution is 2.17. The van der Waals surface area contributed by atoms with Crippen LogP contribution in [0.4, 0.5) is 0 Å².